The quantitative estimate of drug-likeness (QED) is 0.569. The second-order valence-electron chi connectivity index (χ2n) is 3.63. The van der Waals surface area contributed by atoms with E-state index in [1.165, 1.54) is 17.7 Å². The number of hydrogen-bond acceptors (Lipinski definition) is 5. The summed E-state index contributed by atoms with van der Waals surface area (Å²) >= 11 is 0. The highest BCUT2D eigenvalue weighted by atomic mass is 16.5. The molecule has 0 spiro atoms. The molecule has 0 bridgehead atoms. The van der Waals surface area contributed by atoms with Crippen LogP contribution >= 0.6 is 0 Å². The summed E-state index contributed by atoms with van der Waals surface area (Å²) in [5.74, 6) is -0.535. The maximum atomic E-state index is 11.8. The summed E-state index contributed by atoms with van der Waals surface area (Å²) in [6, 6.07) is 1.51. The Balaban J connectivity index is 3.01. The second kappa shape index (κ2) is 6.00. The first-order chi connectivity index (χ1) is 8.49. The topological polar surface area (TPSA) is 70.4 Å². The molecule has 0 aliphatic rings. The fourth-order valence-electron chi connectivity index (χ4n) is 1.38. The van der Waals surface area contributed by atoms with Gasteiger partial charge >= 0.3 is 5.97 Å². The van der Waals surface area contributed by atoms with E-state index >= 15 is 0 Å². The average molecular weight is 252 g/mol. The summed E-state index contributed by atoms with van der Waals surface area (Å²) in [5, 5.41) is 0. The largest absolute Gasteiger partial charge is 0.468 e. The lowest BCUT2D eigenvalue weighted by Crippen LogP contribution is -2.25. The van der Waals surface area contributed by atoms with Gasteiger partial charge in [0.2, 0.25) is 0 Å². The third-order valence-electron chi connectivity index (χ3n) is 2.20. The lowest BCUT2D eigenvalue weighted by Gasteiger charge is -2.11. The predicted octanol–water partition coefficient (Wildman–Crippen LogP) is 0.680. The molecule has 6 heteroatoms. The highest BCUT2D eigenvalue weighted by Gasteiger charge is 2.13. The van der Waals surface area contributed by atoms with Gasteiger partial charge in [-0.3, -0.25) is 9.36 Å². The van der Waals surface area contributed by atoms with E-state index in [1.54, 1.807) is 13.8 Å². The van der Waals surface area contributed by atoms with Gasteiger partial charge < -0.3 is 9.47 Å². The number of aromatic nitrogens is 2. The van der Waals surface area contributed by atoms with Crippen LogP contribution in [0.3, 0.4) is 0 Å². The monoisotopic (exact) mass is 252 g/mol. The Kier molecular flexibility index (Phi) is 4.65. The smallest absolute Gasteiger partial charge is 0.335 e. The molecule has 0 aliphatic carbocycles. The Labute approximate surface area is 105 Å². The molecule has 1 aromatic heterocycles. The van der Waals surface area contributed by atoms with E-state index < -0.39 is 5.97 Å². The molecule has 0 amide bonds. The number of nitrogens with zero attached hydrogens (tertiary/aromatic N) is 2. The standard InChI is InChI=1S/C12H16N2O4/c1-5-18-11(16)8(2)7-14-10(15)6-9(3)13-12(14)17-4/h6H,2,5,7H2,1,3-4H3. The summed E-state index contributed by atoms with van der Waals surface area (Å²) in [7, 11) is 1.41. The average Bonchev–Trinajstić information content (AvgIpc) is 2.32. The Morgan fingerprint density at radius 3 is 2.78 bits per heavy atom. The van der Waals surface area contributed by atoms with Crippen molar-refractivity contribution >= 4 is 5.97 Å². The van der Waals surface area contributed by atoms with E-state index in [0.29, 0.717) is 5.69 Å². The minimum absolute atomic E-state index is 0.00583. The zero-order valence-electron chi connectivity index (χ0n) is 10.7. The van der Waals surface area contributed by atoms with Crippen molar-refractivity contribution in [3.8, 4) is 6.01 Å². The van der Waals surface area contributed by atoms with Crippen LogP contribution in [0.1, 0.15) is 12.6 Å². The minimum Gasteiger partial charge on any atom is -0.468 e. The normalized spacial score (nSPS) is 9.94. The number of esters is 1. The number of carbonyl (C=O) groups is 1. The van der Waals surface area contributed by atoms with Gasteiger partial charge in [0.15, 0.2) is 0 Å². The molecule has 0 saturated heterocycles. The molecule has 18 heavy (non-hydrogen) atoms. The van der Waals surface area contributed by atoms with E-state index in [1.807, 2.05) is 0 Å². The third-order valence-corrected chi connectivity index (χ3v) is 2.20. The Hall–Kier alpha value is -2.11. The highest BCUT2D eigenvalue weighted by Crippen LogP contribution is 2.07. The summed E-state index contributed by atoms with van der Waals surface area (Å²) in [4.78, 5) is 27.3. The van der Waals surface area contributed by atoms with Crippen molar-refractivity contribution in [2.24, 2.45) is 0 Å². The number of aryl methyl sites for hydroxylation is 1. The van der Waals surface area contributed by atoms with Crippen molar-refractivity contribution in [2.45, 2.75) is 20.4 Å². The lowest BCUT2D eigenvalue weighted by molar-refractivity contribution is -0.138. The van der Waals surface area contributed by atoms with Crippen LogP contribution in [0.15, 0.2) is 23.0 Å². The summed E-state index contributed by atoms with van der Waals surface area (Å²) in [5.41, 5.74) is 0.419. The number of methoxy groups -OCH3 is 1. The van der Waals surface area contributed by atoms with Gasteiger partial charge in [-0.25, -0.2) is 9.78 Å². The molecule has 0 aromatic carbocycles. The second-order valence-corrected chi connectivity index (χ2v) is 3.63. The molecule has 6 nitrogen and oxygen atoms in total. The van der Waals surface area contributed by atoms with Crippen molar-refractivity contribution in [1.29, 1.82) is 0 Å². The van der Waals surface area contributed by atoms with E-state index in [4.69, 9.17) is 9.47 Å². The Bertz CT molecular complexity index is 519. The van der Waals surface area contributed by atoms with Crippen LogP contribution in [0.4, 0.5) is 0 Å². The minimum atomic E-state index is -0.535. The number of ether oxygens (including phenoxy) is 2. The predicted molar refractivity (Wildman–Crippen MR) is 65.6 cm³/mol. The molecule has 0 unspecified atom stereocenters. The van der Waals surface area contributed by atoms with E-state index in [9.17, 15) is 9.59 Å². The molecule has 98 valence electrons. The van der Waals surface area contributed by atoms with Crippen LogP contribution in [0.2, 0.25) is 0 Å². The van der Waals surface area contributed by atoms with Gasteiger partial charge in [0.25, 0.3) is 11.6 Å². The molecule has 1 rings (SSSR count). The van der Waals surface area contributed by atoms with Gasteiger partial charge in [0.05, 0.1) is 20.3 Å². The first-order valence-corrected chi connectivity index (χ1v) is 5.47. The molecule has 0 saturated carbocycles. The molecule has 1 aromatic rings. The molecule has 0 radical (unpaired) electrons. The molecule has 0 fully saturated rings. The molecular formula is C12H16N2O4. The van der Waals surface area contributed by atoms with Crippen molar-refractivity contribution < 1.29 is 14.3 Å². The fraction of sp³-hybridized carbons (Fsp3) is 0.417. The highest BCUT2D eigenvalue weighted by molar-refractivity contribution is 5.87. The van der Waals surface area contributed by atoms with Gasteiger partial charge in [0.1, 0.15) is 0 Å². The SMILES string of the molecule is C=C(Cn1c(OC)nc(C)cc1=O)C(=O)OCC. The van der Waals surface area contributed by atoms with Crippen LogP contribution in [0.5, 0.6) is 6.01 Å². The fourth-order valence-corrected chi connectivity index (χ4v) is 1.38. The first-order valence-electron chi connectivity index (χ1n) is 5.47. The molecule has 0 aliphatic heterocycles. The van der Waals surface area contributed by atoms with Crippen LogP contribution in [0.25, 0.3) is 0 Å². The van der Waals surface area contributed by atoms with Gasteiger partial charge in [-0.2, -0.15) is 0 Å². The maximum absolute atomic E-state index is 11.8. The first kappa shape index (κ1) is 14.0. The van der Waals surface area contributed by atoms with Gasteiger partial charge in [-0.15, -0.1) is 0 Å². The third kappa shape index (κ3) is 3.19. The maximum Gasteiger partial charge on any atom is 0.335 e. The lowest BCUT2D eigenvalue weighted by atomic mass is 10.3. The van der Waals surface area contributed by atoms with Crippen LogP contribution in [-0.2, 0) is 16.1 Å². The number of rotatable bonds is 5. The molecule has 0 N–H and O–H groups in total. The van der Waals surface area contributed by atoms with E-state index in [2.05, 4.69) is 11.6 Å². The van der Waals surface area contributed by atoms with Gasteiger partial charge in [-0.1, -0.05) is 6.58 Å². The Morgan fingerprint density at radius 1 is 1.56 bits per heavy atom. The van der Waals surface area contributed by atoms with E-state index in [-0.39, 0.29) is 30.3 Å². The zero-order chi connectivity index (χ0) is 13.7. The Morgan fingerprint density at radius 2 is 2.22 bits per heavy atom. The van der Waals surface area contributed by atoms with Gasteiger partial charge in [-0.05, 0) is 13.8 Å². The van der Waals surface area contributed by atoms with Crippen LogP contribution in [-0.4, -0.2) is 29.2 Å². The number of carbonyl (C=O) groups excluding carboxylic acids is 1. The van der Waals surface area contributed by atoms with Crippen LogP contribution < -0.4 is 10.3 Å². The van der Waals surface area contributed by atoms with Crippen molar-refractivity contribution in [3.05, 3.63) is 34.3 Å². The van der Waals surface area contributed by atoms with E-state index in [0.717, 1.165) is 0 Å². The van der Waals surface area contributed by atoms with Gasteiger partial charge in [0, 0.05) is 17.3 Å². The zero-order valence-corrected chi connectivity index (χ0v) is 10.7. The van der Waals surface area contributed by atoms with Crippen molar-refractivity contribution in [3.63, 3.8) is 0 Å². The number of hydrogen-bond donors (Lipinski definition) is 0. The summed E-state index contributed by atoms with van der Waals surface area (Å²) < 4.78 is 11.0. The summed E-state index contributed by atoms with van der Waals surface area (Å²) in [6.07, 6.45) is 0. The molecule has 0 atom stereocenters. The molecular weight excluding hydrogens is 236 g/mol. The van der Waals surface area contributed by atoms with Crippen LogP contribution in [0, 0.1) is 6.92 Å². The van der Waals surface area contributed by atoms with Crippen molar-refractivity contribution in [1.82, 2.24) is 9.55 Å². The summed E-state index contributed by atoms with van der Waals surface area (Å²) in [6.45, 7) is 7.23. The van der Waals surface area contributed by atoms with Crippen molar-refractivity contribution in [2.75, 3.05) is 13.7 Å². The molecule has 1 heterocycles.